The van der Waals surface area contributed by atoms with Crippen LogP contribution in [0.1, 0.15) is 27.2 Å². The average Bonchev–Trinajstić information content (AvgIpc) is 3.92. The maximum Gasteiger partial charge on any atom is 2.00 e. The summed E-state index contributed by atoms with van der Waals surface area (Å²) in [6.07, 6.45) is 0.390. The van der Waals surface area contributed by atoms with Crippen molar-refractivity contribution in [3.63, 3.8) is 0 Å². The minimum absolute atomic E-state index is 0. The molecule has 1 radical (unpaired) electrons. The van der Waals surface area contributed by atoms with Crippen LogP contribution in [0.2, 0.25) is 0 Å². The first-order valence-corrected chi connectivity index (χ1v) is 17.7. The van der Waals surface area contributed by atoms with Gasteiger partial charge in [-0.3, -0.25) is 4.79 Å². The van der Waals surface area contributed by atoms with Crippen molar-refractivity contribution in [3.8, 4) is 45.6 Å². The zero-order valence-electron chi connectivity index (χ0n) is 30.6. The molecule has 0 saturated heterocycles. The minimum Gasteiger partial charge on any atom is -0.457 e. The molecule has 0 fully saturated rings. The minimum atomic E-state index is -0.555. The predicted octanol–water partition coefficient (Wildman–Crippen LogP) is 7.51. The molecule has 4 aromatic carbocycles. The second-order valence-corrected chi connectivity index (χ2v) is 13.3. The number of aromatic nitrogens is 8. The molecule has 0 amide bonds. The number of nitrogens with zero attached hydrogens (tertiary/aromatic N) is 8. The summed E-state index contributed by atoms with van der Waals surface area (Å²) in [5.74, 6) is 2.00. The Balaban J connectivity index is 0.000000268. The zero-order valence-corrected chi connectivity index (χ0v) is 31.5. The molecule has 2 aliphatic heterocycles. The Morgan fingerprint density at radius 2 is 0.909 bits per heavy atom. The smallest absolute Gasteiger partial charge is 0.457 e. The van der Waals surface area contributed by atoms with Gasteiger partial charge >= 0.3 is 23.0 Å². The number of carbonyl (C=O) groups excluding carboxylic acids is 1. The van der Waals surface area contributed by atoms with Crippen LogP contribution in [-0.4, -0.2) is 68.4 Å². The van der Waals surface area contributed by atoms with Crippen LogP contribution < -0.4 is 9.97 Å². The van der Waals surface area contributed by atoms with E-state index in [4.69, 9.17) is 54.1 Å². The van der Waals surface area contributed by atoms with Gasteiger partial charge in [-0.05, 0) is 35.4 Å². The molecule has 13 heteroatoms. The Bertz CT molecular complexity index is 2390. The molecule has 0 unspecified atom stereocenters. The van der Waals surface area contributed by atoms with Crippen molar-refractivity contribution in [3.05, 3.63) is 97.1 Å². The van der Waals surface area contributed by atoms with E-state index in [-0.39, 0.29) is 23.0 Å². The van der Waals surface area contributed by atoms with Gasteiger partial charge in [0.15, 0.2) is 0 Å². The fourth-order valence-corrected chi connectivity index (χ4v) is 6.33. The third-order valence-corrected chi connectivity index (χ3v) is 8.89. The second kappa shape index (κ2) is 15.9. The molecule has 8 bridgehead atoms. The molecule has 0 spiro atoms. The molecule has 0 saturated carbocycles. The molecule has 9 rings (SSSR count). The number of hydrogen-bond acceptors (Lipinski definition) is 10. The van der Waals surface area contributed by atoms with E-state index >= 15 is 0 Å². The Morgan fingerprint density at radius 3 is 1.24 bits per heavy atom. The number of benzene rings is 4. The van der Waals surface area contributed by atoms with Crippen molar-refractivity contribution in [1.82, 2.24) is 39.9 Å². The summed E-state index contributed by atoms with van der Waals surface area (Å²) in [7, 11) is 1.62. The zero-order chi connectivity index (χ0) is 37.2. The average molecular weight is 780 g/mol. The van der Waals surface area contributed by atoms with Gasteiger partial charge in [-0.2, -0.15) is 0 Å². The topological polar surface area (TPSA) is 150 Å². The Kier molecular flexibility index (Phi) is 10.8. The van der Waals surface area contributed by atoms with E-state index in [1.54, 1.807) is 14.0 Å². The third-order valence-electron chi connectivity index (χ3n) is 8.89. The Hall–Kier alpha value is -5.85. The fourth-order valence-electron chi connectivity index (χ4n) is 6.33. The molecule has 0 atom stereocenters. The van der Waals surface area contributed by atoms with Gasteiger partial charge in [0.2, 0.25) is 0 Å². The molecule has 279 valence electrons. The molecule has 12 nitrogen and oxygen atoms in total. The van der Waals surface area contributed by atoms with E-state index in [2.05, 4.69) is 0 Å². The van der Waals surface area contributed by atoms with Crippen LogP contribution in [0.15, 0.2) is 97.1 Å². The van der Waals surface area contributed by atoms with Crippen LogP contribution in [0.4, 0.5) is 0 Å². The van der Waals surface area contributed by atoms with Gasteiger partial charge in [-0.15, -0.1) is 0 Å². The second-order valence-electron chi connectivity index (χ2n) is 13.3. The molecule has 55 heavy (non-hydrogen) atoms. The summed E-state index contributed by atoms with van der Waals surface area (Å²) in [5.41, 5.74) is 5.23. The van der Waals surface area contributed by atoms with Crippen LogP contribution in [0.5, 0.6) is 0 Å². The summed E-state index contributed by atoms with van der Waals surface area (Å²) in [6.45, 7) is 6.88. The predicted molar refractivity (Wildman–Crippen MR) is 207 cm³/mol. The first-order valence-electron chi connectivity index (χ1n) is 17.7. The molecule has 2 aliphatic rings. The number of methoxy groups -OCH3 is 1. The third kappa shape index (κ3) is 7.60. The molecule has 5 heterocycles. The van der Waals surface area contributed by atoms with E-state index in [0.29, 0.717) is 72.1 Å². The van der Waals surface area contributed by atoms with Crippen molar-refractivity contribution in [2.45, 2.75) is 32.8 Å². The van der Waals surface area contributed by atoms with Crippen LogP contribution in [0, 0.1) is 0 Å². The number of esters is 1. The van der Waals surface area contributed by atoms with Crippen molar-refractivity contribution in [2.75, 3.05) is 26.9 Å². The summed E-state index contributed by atoms with van der Waals surface area (Å²) < 4.78 is 15.3. The normalized spacial score (nSPS) is 11.6. The summed E-state index contributed by atoms with van der Waals surface area (Å²) in [6, 6.07) is 31.8. The van der Waals surface area contributed by atoms with Crippen molar-refractivity contribution in [1.29, 1.82) is 0 Å². The first kappa shape index (κ1) is 37.5. The molecular weight excluding hydrogens is 744 g/mol. The van der Waals surface area contributed by atoms with E-state index in [9.17, 15) is 4.79 Å². The van der Waals surface area contributed by atoms with Crippen LogP contribution in [0.3, 0.4) is 0 Å². The van der Waals surface area contributed by atoms with Gasteiger partial charge in [0.1, 0.15) is 5.60 Å². The largest absolute Gasteiger partial charge is 2.00 e. The standard InChI is InChI=1S/C32H16N8.C10H20O4.Cu/c1-2-10-18-17(9-1)25-33-26(18)38-28-21-13-5-6-14-22(21)30(35-28)40-32-24-16-8-7-15-23(24)31(36-32)39-29-20-12-4-3-11-19(20)27(34-29)37-25;1-5-9(11)14-10(2,3)8-13-7-6-12-4;/h1-16H;5-8H2,1-4H3;/q-2;;+2. The van der Waals surface area contributed by atoms with Gasteiger partial charge in [-0.25, -0.2) is 9.97 Å². The molecular formula is C42H36CuN8O4. The number of rotatable bonds is 7. The molecule has 7 aromatic rings. The fraction of sp³-hybridized carbons (Fsp3) is 0.214. The van der Waals surface area contributed by atoms with Crippen molar-refractivity contribution < 1.29 is 36.1 Å². The van der Waals surface area contributed by atoms with E-state index < -0.39 is 5.60 Å². The summed E-state index contributed by atoms with van der Waals surface area (Å²) in [5, 5.41) is 3.57. The van der Waals surface area contributed by atoms with Crippen molar-refractivity contribution >= 4 is 50.1 Å². The quantitative estimate of drug-likeness (QED) is 0.0895. The first-order chi connectivity index (χ1) is 26.3. The molecule has 0 aliphatic carbocycles. The number of ether oxygens (including phenoxy) is 3. The Labute approximate surface area is 327 Å². The maximum absolute atomic E-state index is 11.0. The van der Waals surface area contributed by atoms with Gasteiger partial charge < -0.3 is 44.1 Å². The van der Waals surface area contributed by atoms with Crippen molar-refractivity contribution in [2.24, 2.45) is 0 Å². The van der Waals surface area contributed by atoms with E-state index in [1.807, 2.05) is 111 Å². The van der Waals surface area contributed by atoms with Crippen LogP contribution >= 0.6 is 0 Å². The molecule has 0 N–H and O–H groups in total. The monoisotopic (exact) mass is 779 g/mol. The van der Waals surface area contributed by atoms with E-state index in [0.717, 1.165) is 43.8 Å². The number of carbonyl (C=O) groups is 1. The number of fused-ring (bicyclic) bond motifs is 20. The van der Waals surface area contributed by atoms with Crippen LogP contribution in [-0.2, 0) is 36.1 Å². The van der Waals surface area contributed by atoms with Gasteiger partial charge in [0, 0.05) is 58.4 Å². The summed E-state index contributed by atoms with van der Waals surface area (Å²) in [4.78, 5) is 50.3. The van der Waals surface area contributed by atoms with Gasteiger partial charge in [0.05, 0.1) is 43.1 Å². The van der Waals surface area contributed by atoms with E-state index in [1.165, 1.54) is 0 Å². The van der Waals surface area contributed by atoms with Crippen LogP contribution in [0.25, 0.3) is 89.7 Å². The van der Waals surface area contributed by atoms with Gasteiger partial charge in [-0.1, -0.05) is 104 Å². The SMILES string of the molecule is CCC(=O)OC(C)(C)COCCOC.[Cu+2].c1ccc2c(c1)-c1nc-2nc2[n-]c(nc3nc(nc4[n-]c(n1)c1ccccc41)-c1ccccc1-3)c1ccccc21. The molecule has 3 aromatic heterocycles. The Morgan fingerprint density at radius 1 is 0.564 bits per heavy atom. The van der Waals surface area contributed by atoms with Gasteiger partial charge in [0.25, 0.3) is 0 Å². The number of hydrogen-bond donors (Lipinski definition) is 0. The summed E-state index contributed by atoms with van der Waals surface area (Å²) >= 11 is 0. The maximum atomic E-state index is 11.0.